The van der Waals surface area contributed by atoms with Crippen molar-refractivity contribution in [3.63, 3.8) is 0 Å². The van der Waals surface area contributed by atoms with Gasteiger partial charge in [0, 0.05) is 6.04 Å². The van der Waals surface area contributed by atoms with Gasteiger partial charge in [0.1, 0.15) is 0 Å². The molecule has 0 radical (unpaired) electrons. The van der Waals surface area contributed by atoms with Crippen molar-refractivity contribution in [2.75, 3.05) is 0 Å². The lowest BCUT2D eigenvalue weighted by molar-refractivity contribution is 0.441. The maximum atomic E-state index is 5.63. The highest BCUT2D eigenvalue weighted by atomic mass is 32.1. The van der Waals surface area contributed by atoms with Gasteiger partial charge in [-0.05, 0) is 37.2 Å². The van der Waals surface area contributed by atoms with Crippen LogP contribution in [0.1, 0.15) is 32.1 Å². The summed E-state index contributed by atoms with van der Waals surface area (Å²) in [6, 6.07) is 8.18. The summed E-state index contributed by atoms with van der Waals surface area (Å²) in [6.07, 6.45) is 6.66. The summed E-state index contributed by atoms with van der Waals surface area (Å²) in [4.78, 5) is 3.34. The summed E-state index contributed by atoms with van der Waals surface area (Å²) in [5, 5.41) is 0. The number of para-hydroxylation sites is 2. The number of rotatable bonds is 0. The van der Waals surface area contributed by atoms with Crippen molar-refractivity contribution < 1.29 is 4.42 Å². The Hall–Kier alpha value is -1.13. The minimum absolute atomic E-state index is 0.432. The Balaban J connectivity index is 0.000000136. The molecule has 0 bridgehead atoms. The fourth-order valence-corrected chi connectivity index (χ4v) is 2.23. The number of fused-ring (bicyclic) bond motifs is 1. The first-order valence-corrected chi connectivity index (χ1v) is 6.50. The van der Waals surface area contributed by atoms with Gasteiger partial charge < -0.3 is 15.1 Å². The lowest BCUT2D eigenvalue weighted by atomic mass is 9.97. The third kappa shape index (κ3) is 3.68. The number of nitrogens with two attached hydrogens (primary N) is 1. The molecule has 0 unspecified atom stereocenters. The van der Waals surface area contributed by atoms with Crippen LogP contribution in [0.5, 0.6) is 0 Å². The van der Waals surface area contributed by atoms with Crippen molar-refractivity contribution in [1.29, 1.82) is 0 Å². The highest BCUT2D eigenvalue weighted by Crippen LogP contribution is 2.14. The molecule has 1 fully saturated rings. The molecule has 0 atom stereocenters. The Labute approximate surface area is 106 Å². The standard InChI is InChI=1S/C7H5NOS.C6H13N/c10-7-8-5-3-1-2-4-6(5)9-7;7-6-4-2-1-3-5-6/h1-4H,(H,8,10);6H,1-5,7H2. The second kappa shape index (κ2) is 5.98. The van der Waals surface area contributed by atoms with Crippen LogP contribution in [-0.4, -0.2) is 11.0 Å². The average molecular weight is 250 g/mol. The number of hydrogen-bond donors (Lipinski definition) is 2. The van der Waals surface area contributed by atoms with Gasteiger partial charge in [-0.2, -0.15) is 0 Å². The first-order valence-electron chi connectivity index (χ1n) is 6.09. The van der Waals surface area contributed by atoms with Crippen LogP contribution in [-0.2, 0) is 0 Å². The summed E-state index contributed by atoms with van der Waals surface area (Å²) >= 11 is 4.79. The van der Waals surface area contributed by atoms with E-state index in [1.807, 2.05) is 24.3 Å². The molecule has 3 N–H and O–H groups in total. The van der Waals surface area contributed by atoms with Crippen LogP contribution < -0.4 is 5.73 Å². The number of benzene rings is 1. The Bertz CT molecular complexity index is 475. The molecule has 92 valence electrons. The van der Waals surface area contributed by atoms with Crippen molar-refractivity contribution in [2.45, 2.75) is 38.1 Å². The van der Waals surface area contributed by atoms with E-state index in [4.69, 9.17) is 22.4 Å². The first kappa shape index (κ1) is 12.3. The number of oxazole rings is 1. The van der Waals surface area contributed by atoms with Crippen LogP contribution in [0.2, 0.25) is 0 Å². The summed E-state index contributed by atoms with van der Waals surface area (Å²) < 4.78 is 5.13. The summed E-state index contributed by atoms with van der Waals surface area (Å²) in [5.74, 6) is 0. The van der Waals surface area contributed by atoms with Crippen molar-refractivity contribution >= 4 is 23.3 Å². The van der Waals surface area contributed by atoms with Gasteiger partial charge in [-0.1, -0.05) is 31.4 Å². The maximum Gasteiger partial charge on any atom is 0.266 e. The number of hydrogen-bond acceptors (Lipinski definition) is 3. The van der Waals surface area contributed by atoms with E-state index >= 15 is 0 Å². The Morgan fingerprint density at radius 1 is 1.18 bits per heavy atom. The Morgan fingerprint density at radius 2 is 1.88 bits per heavy atom. The van der Waals surface area contributed by atoms with Crippen molar-refractivity contribution in [3.8, 4) is 0 Å². The molecule has 1 aliphatic carbocycles. The Morgan fingerprint density at radius 3 is 2.47 bits per heavy atom. The zero-order valence-electron chi connectivity index (χ0n) is 9.82. The molecule has 0 saturated heterocycles. The van der Waals surface area contributed by atoms with E-state index in [0.717, 1.165) is 11.1 Å². The average Bonchev–Trinajstić information content (AvgIpc) is 2.71. The molecule has 2 aromatic rings. The van der Waals surface area contributed by atoms with Crippen LogP contribution >= 0.6 is 12.2 Å². The van der Waals surface area contributed by atoms with Crippen molar-refractivity contribution in [1.82, 2.24) is 4.98 Å². The van der Waals surface area contributed by atoms with Gasteiger partial charge in [-0.15, -0.1) is 0 Å². The maximum absolute atomic E-state index is 5.63. The van der Waals surface area contributed by atoms with Gasteiger partial charge in [-0.25, -0.2) is 0 Å². The first-order chi connectivity index (χ1) is 8.25. The van der Waals surface area contributed by atoms with E-state index in [2.05, 4.69) is 4.98 Å². The monoisotopic (exact) mass is 250 g/mol. The lowest BCUT2D eigenvalue weighted by Crippen LogP contribution is -2.22. The van der Waals surface area contributed by atoms with E-state index < -0.39 is 0 Å². The van der Waals surface area contributed by atoms with E-state index in [0.29, 0.717) is 10.9 Å². The van der Waals surface area contributed by atoms with Crippen LogP contribution in [0.4, 0.5) is 0 Å². The number of H-pyrrole nitrogens is 1. The highest BCUT2D eigenvalue weighted by Gasteiger charge is 2.06. The zero-order chi connectivity index (χ0) is 12.1. The topological polar surface area (TPSA) is 55.0 Å². The summed E-state index contributed by atoms with van der Waals surface area (Å²) in [6.45, 7) is 0. The highest BCUT2D eigenvalue weighted by molar-refractivity contribution is 7.71. The fraction of sp³-hybridized carbons (Fsp3) is 0.462. The van der Waals surface area contributed by atoms with E-state index in [-0.39, 0.29) is 0 Å². The zero-order valence-corrected chi connectivity index (χ0v) is 10.6. The molecule has 1 saturated carbocycles. The van der Waals surface area contributed by atoms with Crippen molar-refractivity contribution in [3.05, 3.63) is 29.1 Å². The molecule has 0 aliphatic heterocycles. The predicted octanol–water partition coefficient (Wildman–Crippen LogP) is 3.77. The molecular formula is C13H18N2OS. The smallest absolute Gasteiger partial charge is 0.266 e. The minimum Gasteiger partial charge on any atom is -0.429 e. The molecule has 1 aromatic carbocycles. The third-order valence-electron chi connectivity index (χ3n) is 2.98. The molecule has 0 spiro atoms. The molecule has 1 aliphatic rings. The van der Waals surface area contributed by atoms with Gasteiger partial charge in [-0.3, -0.25) is 0 Å². The van der Waals surface area contributed by atoms with Gasteiger partial charge >= 0.3 is 0 Å². The van der Waals surface area contributed by atoms with E-state index in [9.17, 15) is 0 Å². The minimum atomic E-state index is 0.432. The Kier molecular flexibility index (Phi) is 4.34. The SMILES string of the molecule is NC1CCCCC1.S=c1[nH]c2ccccc2o1. The molecule has 4 heteroatoms. The van der Waals surface area contributed by atoms with Crippen LogP contribution in [0.3, 0.4) is 0 Å². The predicted molar refractivity (Wildman–Crippen MR) is 72.5 cm³/mol. The van der Waals surface area contributed by atoms with E-state index in [1.54, 1.807) is 0 Å². The second-order valence-corrected chi connectivity index (χ2v) is 4.78. The molecule has 3 rings (SSSR count). The number of aromatic amines is 1. The summed E-state index contributed by atoms with van der Waals surface area (Å²) in [5.41, 5.74) is 7.40. The quantitative estimate of drug-likeness (QED) is 0.700. The number of aromatic nitrogens is 1. The van der Waals surface area contributed by atoms with Gasteiger partial charge in [0.2, 0.25) is 0 Å². The van der Waals surface area contributed by atoms with Crippen LogP contribution in [0, 0.1) is 4.84 Å². The molecule has 1 heterocycles. The molecule has 17 heavy (non-hydrogen) atoms. The fourth-order valence-electron chi connectivity index (χ4n) is 2.03. The lowest BCUT2D eigenvalue weighted by Gasteiger charge is -2.15. The second-order valence-electron chi connectivity index (χ2n) is 4.41. The normalized spacial score (nSPS) is 16.5. The summed E-state index contributed by atoms with van der Waals surface area (Å²) in [7, 11) is 0. The van der Waals surface area contributed by atoms with Gasteiger partial charge in [0.15, 0.2) is 5.58 Å². The van der Waals surface area contributed by atoms with Crippen LogP contribution in [0.25, 0.3) is 11.1 Å². The molecule has 0 amide bonds. The van der Waals surface area contributed by atoms with Gasteiger partial charge in [0.05, 0.1) is 5.52 Å². The van der Waals surface area contributed by atoms with E-state index in [1.165, 1.54) is 32.1 Å². The van der Waals surface area contributed by atoms with Crippen molar-refractivity contribution in [2.24, 2.45) is 5.73 Å². The number of nitrogens with one attached hydrogen (secondary N) is 1. The molecule has 3 nitrogen and oxygen atoms in total. The molecular weight excluding hydrogens is 232 g/mol. The largest absolute Gasteiger partial charge is 0.429 e. The molecule has 1 aromatic heterocycles. The van der Waals surface area contributed by atoms with Crippen LogP contribution in [0.15, 0.2) is 28.7 Å². The third-order valence-corrected chi connectivity index (χ3v) is 3.16. The van der Waals surface area contributed by atoms with Gasteiger partial charge in [0.25, 0.3) is 4.84 Å².